The van der Waals surface area contributed by atoms with Gasteiger partial charge in [-0.3, -0.25) is 4.57 Å². The van der Waals surface area contributed by atoms with Crippen LogP contribution in [0.4, 0.5) is 0 Å². The van der Waals surface area contributed by atoms with E-state index in [4.69, 9.17) is 14.8 Å². The van der Waals surface area contributed by atoms with Gasteiger partial charge in [-0.1, -0.05) is 83.0 Å². The molecule has 0 aliphatic heterocycles. The maximum Gasteiger partial charge on any atom is 0.137 e. The van der Waals surface area contributed by atoms with Crippen LogP contribution in [0.25, 0.3) is 44.4 Å². The van der Waals surface area contributed by atoms with Crippen molar-refractivity contribution < 1.29 is 4.74 Å². The lowest BCUT2D eigenvalue weighted by molar-refractivity contribution is 0.482. The van der Waals surface area contributed by atoms with Crippen LogP contribution in [0.1, 0.15) is 69.5 Å². The van der Waals surface area contributed by atoms with Crippen molar-refractivity contribution in [3.8, 4) is 34.1 Å². The van der Waals surface area contributed by atoms with Crippen LogP contribution in [0.15, 0.2) is 109 Å². The molecule has 48 heavy (non-hydrogen) atoms. The van der Waals surface area contributed by atoms with Crippen LogP contribution >= 0.6 is 0 Å². The minimum atomic E-state index is 0.00944. The maximum atomic E-state index is 6.59. The number of pyridine rings is 1. The number of fused-ring (bicyclic) bond motifs is 3. The van der Waals surface area contributed by atoms with Crippen molar-refractivity contribution in [1.82, 2.24) is 19.3 Å². The summed E-state index contributed by atoms with van der Waals surface area (Å²) in [5.41, 5.74) is 10.3. The van der Waals surface area contributed by atoms with E-state index in [1.807, 2.05) is 29.1 Å². The van der Waals surface area contributed by atoms with E-state index in [9.17, 15) is 0 Å². The molecule has 0 N–H and O–H groups in total. The normalized spacial score (nSPS) is 11.9. The molecule has 5 nitrogen and oxygen atoms in total. The molecule has 0 saturated carbocycles. The minimum Gasteiger partial charge on any atom is -0.457 e. The van der Waals surface area contributed by atoms with Crippen molar-refractivity contribution >= 4 is 21.8 Å². The predicted molar refractivity (Wildman–Crippen MR) is 199 cm³/mol. The van der Waals surface area contributed by atoms with Gasteiger partial charge in [0.15, 0.2) is 0 Å². The minimum absolute atomic E-state index is 0.00944. The van der Waals surface area contributed by atoms with E-state index < -0.39 is 0 Å². The molecule has 7 aromatic rings. The van der Waals surface area contributed by atoms with E-state index in [-0.39, 0.29) is 5.41 Å². The highest BCUT2D eigenvalue weighted by Gasteiger charge is 2.19. The molecule has 3 heterocycles. The molecule has 0 fully saturated rings. The summed E-state index contributed by atoms with van der Waals surface area (Å²) in [6.45, 7) is 13.2. The molecule has 0 saturated heterocycles. The third-order valence-electron chi connectivity index (χ3n) is 9.36. The Morgan fingerprint density at radius 3 is 2.33 bits per heavy atom. The molecule has 0 amide bonds. The number of rotatable bonds is 9. The number of aromatic nitrogens is 4. The molecule has 0 atom stereocenters. The molecule has 3 aromatic heterocycles. The largest absolute Gasteiger partial charge is 0.457 e. The van der Waals surface area contributed by atoms with Crippen molar-refractivity contribution in [2.75, 3.05) is 0 Å². The van der Waals surface area contributed by atoms with Crippen LogP contribution in [0.2, 0.25) is 0 Å². The lowest BCUT2D eigenvalue weighted by atomic mass is 9.88. The van der Waals surface area contributed by atoms with Gasteiger partial charge in [-0.25, -0.2) is 9.67 Å². The average molecular weight is 633 g/mol. The van der Waals surface area contributed by atoms with Gasteiger partial charge in [-0.15, -0.1) is 0 Å². The summed E-state index contributed by atoms with van der Waals surface area (Å²) in [4.78, 5) is 4.89. The SMILES string of the molecule is CCCCCc1ccc2c(c1)c1ccc(Oc3cccc(-n4nc(C)c(-c5ccccc5)c4C)c3)cc1n2-c1cc(C(C)(C)C)ccn1. The highest BCUT2D eigenvalue weighted by molar-refractivity contribution is 6.09. The molecule has 242 valence electrons. The van der Waals surface area contributed by atoms with Gasteiger partial charge >= 0.3 is 0 Å². The Labute approximate surface area is 283 Å². The summed E-state index contributed by atoms with van der Waals surface area (Å²) in [6, 6.07) is 36.3. The molecule has 7 rings (SSSR count). The second kappa shape index (κ2) is 12.8. The summed E-state index contributed by atoms with van der Waals surface area (Å²) in [7, 11) is 0. The fourth-order valence-electron chi connectivity index (χ4n) is 6.83. The number of ether oxygens (including phenoxy) is 1. The van der Waals surface area contributed by atoms with Crippen molar-refractivity contribution in [2.24, 2.45) is 0 Å². The molecule has 0 aliphatic carbocycles. The fourth-order valence-corrected chi connectivity index (χ4v) is 6.83. The van der Waals surface area contributed by atoms with Gasteiger partial charge in [0.1, 0.15) is 17.3 Å². The number of unbranched alkanes of at least 4 members (excludes halogenated alkanes) is 2. The monoisotopic (exact) mass is 632 g/mol. The first-order chi connectivity index (χ1) is 23.2. The second-order valence-corrected chi connectivity index (χ2v) is 13.9. The maximum absolute atomic E-state index is 6.59. The molecule has 0 bridgehead atoms. The smallest absolute Gasteiger partial charge is 0.137 e. The van der Waals surface area contributed by atoms with Crippen LogP contribution in [0.3, 0.4) is 0 Å². The Hall–Kier alpha value is -5.16. The third-order valence-corrected chi connectivity index (χ3v) is 9.36. The molecule has 0 unspecified atom stereocenters. The van der Waals surface area contributed by atoms with Crippen molar-refractivity contribution in [1.29, 1.82) is 0 Å². The van der Waals surface area contributed by atoms with Gasteiger partial charge in [-0.2, -0.15) is 5.10 Å². The Balaban J connectivity index is 1.29. The summed E-state index contributed by atoms with van der Waals surface area (Å²) in [6.07, 6.45) is 6.70. The number of hydrogen-bond acceptors (Lipinski definition) is 3. The van der Waals surface area contributed by atoms with Gasteiger partial charge in [0.25, 0.3) is 0 Å². The lowest BCUT2D eigenvalue weighted by Crippen LogP contribution is -2.12. The predicted octanol–water partition coefficient (Wildman–Crippen LogP) is 11.5. The Morgan fingerprint density at radius 2 is 1.54 bits per heavy atom. The average Bonchev–Trinajstić information content (AvgIpc) is 3.57. The Kier molecular flexibility index (Phi) is 8.38. The Bertz CT molecular complexity index is 2230. The first kappa shape index (κ1) is 31.4. The molecule has 0 radical (unpaired) electrons. The standard InChI is InChI=1S/C43H44N4O/c1-7-8-10-14-31-19-22-39-38(25-31)37-21-20-36(28-40(37)46(39)41-26-33(23-24-44-41)43(4,5)6)48-35-18-13-17-34(27-35)47-30(3)42(29(2)45-47)32-15-11-9-12-16-32/h9,11-13,15-28H,7-8,10,14H2,1-6H3. The summed E-state index contributed by atoms with van der Waals surface area (Å²) < 4.78 is 10.9. The van der Waals surface area contributed by atoms with Crippen LogP contribution < -0.4 is 4.74 Å². The highest BCUT2D eigenvalue weighted by Crippen LogP contribution is 2.37. The van der Waals surface area contributed by atoms with Gasteiger partial charge in [0, 0.05) is 40.4 Å². The van der Waals surface area contributed by atoms with Gasteiger partial charge in [0.2, 0.25) is 0 Å². The number of hydrogen-bond donors (Lipinski definition) is 0. The summed E-state index contributed by atoms with van der Waals surface area (Å²) >= 11 is 0. The van der Waals surface area contributed by atoms with Crippen LogP contribution in [0.5, 0.6) is 11.5 Å². The molecular weight excluding hydrogens is 589 g/mol. The van der Waals surface area contributed by atoms with Crippen molar-refractivity contribution in [3.63, 3.8) is 0 Å². The molecule has 4 aromatic carbocycles. The number of nitrogens with zero attached hydrogens (tertiary/aromatic N) is 4. The van der Waals surface area contributed by atoms with Crippen LogP contribution in [-0.2, 0) is 11.8 Å². The molecular formula is C43H44N4O. The topological polar surface area (TPSA) is 44.9 Å². The first-order valence-corrected chi connectivity index (χ1v) is 17.1. The van der Waals surface area contributed by atoms with E-state index in [1.165, 1.54) is 46.7 Å². The quantitative estimate of drug-likeness (QED) is 0.149. The van der Waals surface area contributed by atoms with E-state index in [0.29, 0.717) is 0 Å². The highest BCUT2D eigenvalue weighted by atomic mass is 16.5. The molecule has 0 spiro atoms. The molecule has 5 heteroatoms. The summed E-state index contributed by atoms with van der Waals surface area (Å²) in [5.74, 6) is 2.45. The zero-order valence-corrected chi connectivity index (χ0v) is 28.9. The zero-order valence-electron chi connectivity index (χ0n) is 28.9. The number of aryl methyl sites for hydroxylation is 2. The third kappa shape index (κ3) is 6.01. The molecule has 0 aliphatic rings. The Morgan fingerprint density at radius 1 is 0.729 bits per heavy atom. The van der Waals surface area contributed by atoms with Gasteiger partial charge < -0.3 is 4.74 Å². The first-order valence-electron chi connectivity index (χ1n) is 17.1. The number of benzene rings is 4. The van der Waals surface area contributed by atoms with E-state index in [1.54, 1.807) is 0 Å². The lowest BCUT2D eigenvalue weighted by Gasteiger charge is -2.20. The fraction of sp³-hybridized carbons (Fsp3) is 0.256. The van der Waals surface area contributed by atoms with Crippen molar-refractivity contribution in [2.45, 2.75) is 72.6 Å². The van der Waals surface area contributed by atoms with E-state index in [2.05, 4.69) is 131 Å². The van der Waals surface area contributed by atoms with Crippen LogP contribution in [-0.4, -0.2) is 19.3 Å². The van der Waals surface area contributed by atoms with Gasteiger partial charge in [-0.05, 0) is 97.3 Å². The zero-order chi connectivity index (χ0) is 33.4. The summed E-state index contributed by atoms with van der Waals surface area (Å²) in [5, 5.41) is 7.36. The second-order valence-electron chi connectivity index (χ2n) is 13.9. The van der Waals surface area contributed by atoms with Gasteiger partial charge in [0.05, 0.1) is 22.4 Å². The van der Waals surface area contributed by atoms with Crippen molar-refractivity contribution in [3.05, 3.63) is 132 Å². The van der Waals surface area contributed by atoms with Crippen LogP contribution in [0, 0.1) is 13.8 Å². The van der Waals surface area contributed by atoms with E-state index >= 15 is 0 Å². The van der Waals surface area contributed by atoms with E-state index in [0.717, 1.165) is 57.4 Å².